The summed E-state index contributed by atoms with van der Waals surface area (Å²) in [5.41, 5.74) is 11.4. The summed E-state index contributed by atoms with van der Waals surface area (Å²) < 4.78 is 6.80. The van der Waals surface area contributed by atoms with Gasteiger partial charge in [-0.25, -0.2) is 5.84 Å². The fraction of sp³-hybridized carbons (Fsp3) is 0.536. The highest BCUT2D eigenvalue weighted by atomic mass is 16.5. The maximum absolute atomic E-state index is 12.5. The number of esters is 1. The SMILES string of the molecule is CCCc1ccc(=O)n(C/C(=C(/N)c2ccc(C3CCCC(CC(=O)OCC)C3)c(C)n2)N(C)N)c1. The van der Waals surface area contributed by atoms with Crippen LogP contribution in [0.4, 0.5) is 0 Å². The standard InChI is InChI=1S/C28H41N5O3/c1-5-8-20-11-14-26(34)33(17-20)18-25(32(4)30)28(29)24-13-12-23(19(3)31-24)22-10-7-9-21(15-22)16-27(35)36-6-2/h11-14,17,21-22H,5-10,15-16,18,29-30H2,1-4H3/b28-25-. The largest absolute Gasteiger partial charge is 0.466 e. The Balaban J connectivity index is 1.83. The molecule has 1 fully saturated rings. The second kappa shape index (κ2) is 12.7. The fourth-order valence-corrected chi connectivity index (χ4v) is 5.20. The topological polar surface area (TPSA) is 116 Å². The predicted molar refractivity (Wildman–Crippen MR) is 143 cm³/mol. The number of likely N-dealkylation sites (N-methyl/N-ethyl adjacent to an activating group) is 1. The van der Waals surface area contributed by atoms with Crippen molar-refractivity contribution in [1.82, 2.24) is 14.6 Å². The highest BCUT2D eigenvalue weighted by molar-refractivity contribution is 5.69. The quantitative estimate of drug-likeness (QED) is 0.292. The second-order valence-corrected chi connectivity index (χ2v) is 9.83. The van der Waals surface area contributed by atoms with Crippen molar-refractivity contribution in [3.8, 4) is 0 Å². The maximum atomic E-state index is 12.5. The van der Waals surface area contributed by atoms with Crippen molar-refractivity contribution in [1.29, 1.82) is 0 Å². The lowest BCUT2D eigenvalue weighted by molar-refractivity contribution is -0.144. The van der Waals surface area contributed by atoms with Gasteiger partial charge in [0.15, 0.2) is 0 Å². The van der Waals surface area contributed by atoms with Crippen LogP contribution in [-0.2, 0) is 22.5 Å². The maximum Gasteiger partial charge on any atom is 0.306 e. The summed E-state index contributed by atoms with van der Waals surface area (Å²) >= 11 is 0. The first kappa shape index (κ1) is 27.5. The molecule has 0 saturated heterocycles. The van der Waals surface area contributed by atoms with Gasteiger partial charge in [-0.3, -0.25) is 14.6 Å². The Morgan fingerprint density at radius 1 is 1.22 bits per heavy atom. The van der Waals surface area contributed by atoms with Crippen LogP contribution >= 0.6 is 0 Å². The molecule has 0 aromatic carbocycles. The van der Waals surface area contributed by atoms with Crippen molar-refractivity contribution < 1.29 is 9.53 Å². The third kappa shape index (κ3) is 6.97. The predicted octanol–water partition coefficient (Wildman–Crippen LogP) is 3.86. The Bertz CT molecular complexity index is 1140. The first-order valence-electron chi connectivity index (χ1n) is 13.0. The molecule has 0 spiro atoms. The van der Waals surface area contributed by atoms with E-state index in [2.05, 4.69) is 13.0 Å². The van der Waals surface area contributed by atoms with Gasteiger partial charge in [-0.15, -0.1) is 0 Å². The summed E-state index contributed by atoms with van der Waals surface area (Å²) in [6.07, 6.45) is 8.44. The fourth-order valence-electron chi connectivity index (χ4n) is 5.20. The van der Waals surface area contributed by atoms with Crippen LogP contribution in [0.3, 0.4) is 0 Å². The van der Waals surface area contributed by atoms with E-state index in [4.69, 9.17) is 21.3 Å². The Labute approximate surface area is 214 Å². The Morgan fingerprint density at radius 3 is 2.67 bits per heavy atom. The molecular weight excluding hydrogens is 454 g/mol. The van der Waals surface area contributed by atoms with E-state index >= 15 is 0 Å². The highest BCUT2D eigenvalue weighted by Crippen LogP contribution is 2.38. The molecule has 8 heteroatoms. The van der Waals surface area contributed by atoms with E-state index in [1.807, 2.05) is 32.2 Å². The molecule has 8 nitrogen and oxygen atoms in total. The zero-order valence-electron chi connectivity index (χ0n) is 22.1. The summed E-state index contributed by atoms with van der Waals surface area (Å²) in [6, 6.07) is 7.50. The molecule has 1 saturated carbocycles. The number of hydrogen-bond acceptors (Lipinski definition) is 7. The van der Waals surface area contributed by atoms with E-state index < -0.39 is 0 Å². The summed E-state index contributed by atoms with van der Waals surface area (Å²) in [7, 11) is 1.72. The van der Waals surface area contributed by atoms with Gasteiger partial charge in [-0.2, -0.15) is 0 Å². The van der Waals surface area contributed by atoms with Crippen molar-refractivity contribution in [3.63, 3.8) is 0 Å². The van der Waals surface area contributed by atoms with Crippen LogP contribution in [0.2, 0.25) is 0 Å². The van der Waals surface area contributed by atoms with E-state index in [1.54, 1.807) is 17.7 Å². The molecular formula is C28H41N5O3. The van der Waals surface area contributed by atoms with E-state index in [0.29, 0.717) is 42.0 Å². The zero-order chi connectivity index (χ0) is 26.2. The molecule has 2 atom stereocenters. The lowest BCUT2D eigenvalue weighted by atomic mass is 9.76. The van der Waals surface area contributed by atoms with Crippen molar-refractivity contribution in [2.24, 2.45) is 17.5 Å². The van der Waals surface area contributed by atoms with Gasteiger partial charge in [0, 0.05) is 31.4 Å². The van der Waals surface area contributed by atoms with Crippen LogP contribution in [-0.4, -0.2) is 34.2 Å². The third-order valence-corrected chi connectivity index (χ3v) is 7.03. The first-order valence-corrected chi connectivity index (χ1v) is 13.0. The monoisotopic (exact) mass is 495 g/mol. The number of aromatic nitrogens is 2. The van der Waals surface area contributed by atoms with Gasteiger partial charge in [0.25, 0.3) is 5.56 Å². The van der Waals surface area contributed by atoms with E-state index in [-0.39, 0.29) is 18.1 Å². The minimum atomic E-state index is -0.107. The van der Waals surface area contributed by atoms with Crippen LogP contribution in [0.15, 0.2) is 41.0 Å². The number of ether oxygens (including phenoxy) is 1. The minimum absolute atomic E-state index is 0.101. The Morgan fingerprint density at radius 2 is 2.00 bits per heavy atom. The minimum Gasteiger partial charge on any atom is -0.466 e. The Hall–Kier alpha value is -3.13. The molecule has 0 amide bonds. The molecule has 1 aliphatic rings. The molecule has 0 bridgehead atoms. The normalized spacial score (nSPS) is 18.5. The molecule has 2 aromatic heterocycles. The molecule has 2 aromatic rings. The number of aryl methyl sites for hydroxylation is 2. The van der Waals surface area contributed by atoms with Crippen molar-refractivity contribution in [2.75, 3.05) is 13.7 Å². The lowest BCUT2D eigenvalue weighted by Gasteiger charge is -2.30. The number of hydrazine groups is 1. The number of nitrogens with two attached hydrogens (primary N) is 2. The van der Waals surface area contributed by atoms with Crippen LogP contribution in [0.25, 0.3) is 5.70 Å². The Kier molecular flexibility index (Phi) is 9.70. The van der Waals surface area contributed by atoms with E-state index in [9.17, 15) is 9.59 Å². The lowest BCUT2D eigenvalue weighted by Crippen LogP contribution is -2.33. The van der Waals surface area contributed by atoms with Gasteiger partial charge in [-0.05, 0) is 68.6 Å². The summed E-state index contributed by atoms with van der Waals surface area (Å²) in [5.74, 6) is 6.74. The van der Waals surface area contributed by atoms with Crippen molar-refractivity contribution in [3.05, 3.63) is 69.0 Å². The second-order valence-electron chi connectivity index (χ2n) is 9.83. The zero-order valence-corrected chi connectivity index (χ0v) is 22.1. The van der Waals surface area contributed by atoms with Crippen LogP contribution in [0.5, 0.6) is 0 Å². The smallest absolute Gasteiger partial charge is 0.306 e. The number of rotatable bonds is 10. The van der Waals surface area contributed by atoms with Gasteiger partial charge in [-0.1, -0.05) is 31.9 Å². The molecule has 36 heavy (non-hydrogen) atoms. The summed E-state index contributed by atoms with van der Waals surface area (Å²) in [4.78, 5) is 29.3. The van der Waals surface area contributed by atoms with Gasteiger partial charge >= 0.3 is 5.97 Å². The van der Waals surface area contributed by atoms with E-state index in [0.717, 1.165) is 49.8 Å². The van der Waals surface area contributed by atoms with Crippen LogP contribution in [0.1, 0.15) is 80.8 Å². The first-order chi connectivity index (χ1) is 17.2. The third-order valence-electron chi connectivity index (χ3n) is 7.03. The molecule has 0 aliphatic heterocycles. The average molecular weight is 496 g/mol. The molecule has 0 radical (unpaired) electrons. The molecule has 2 unspecified atom stereocenters. The van der Waals surface area contributed by atoms with Gasteiger partial charge < -0.3 is 20.0 Å². The van der Waals surface area contributed by atoms with E-state index in [1.165, 1.54) is 10.6 Å². The molecule has 3 rings (SSSR count). The van der Waals surface area contributed by atoms with Crippen molar-refractivity contribution in [2.45, 2.75) is 78.2 Å². The molecule has 4 N–H and O–H groups in total. The molecule has 1 aliphatic carbocycles. The number of hydrogen-bond donors (Lipinski definition) is 2. The summed E-state index contributed by atoms with van der Waals surface area (Å²) in [5, 5.41) is 1.46. The molecule has 196 valence electrons. The average Bonchev–Trinajstić information content (AvgIpc) is 2.84. The number of carbonyl (C=O) groups excluding carboxylic acids is 1. The van der Waals surface area contributed by atoms with Gasteiger partial charge in [0.2, 0.25) is 0 Å². The number of nitrogens with zero attached hydrogens (tertiary/aromatic N) is 3. The van der Waals surface area contributed by atoms with Gasteiger partial charge in [0.05, 0.1) is 30.2 Å². The molecule has 2 heterocycles. The van der Waals surface area contributed by atoms with Crippen LogP contribution in [0, 0.1) is 12.8 Å². The number of carbonyl (C=O) groups is 1. The summed E-state index contributed by atoms with van der Waals surface area (Å²) in [6.45, 7) is 6.64. The van der Waals surface area contributed by atoms with Crippen LogP contribution < -0.4 is 17.1 Å². The number of pyridine rings is 2. The highest BCUT2D eigenvalue weighted by Gasteiger charge is 2.27. The van der Waals surface area contributed by atoms with Crippen molar-refractivity contribution >= 4 is 11.7 Å². The van der Waals surface area contributed by atoms with Gasteiger partial charge in [0.1, 0.15) is 0 Å². The number of allylic oxidation sites excluding steroid dienone is 1.